The highest BCUT2D eigenvalue weighted by atomic mass is 16.6. The number of carbonyl (C=O) groups is 2. The van der Waals surface area contributed by atoms with E-state index >= 15 is 0 Å². The van der Waals surface area contributed by atoms with Crippen LogP contribution < -0.4 is 5.32 Å². The number of carboxylic acids is 1. The monoisotopic (exact) mass is 453 g/mol. The second-order valence-corrected chi connectivity index (χ2v) is 7.34. The zero-order valence-corrected chi connectivity index (χ0v) is 19.2. The molecule has 1 amide bonds. The Morgan fingerprint density at radius 3 is 1.52 bits per heavy atom. The Hall–Kier alpha value is -1.50. The highest BCUT2D eigenvalue weighted by Gasteiger charge is 2.15. The zero-order valence-electron chi connectivity index (χ0n) is 19.2. The molecule has 0 aliphatic rings. The Morgan fingerprint density at radius 1 is 0.742 bits per heavy atom. The van der Waals surface area contributed by atoms with Crippen molar-refractivity contribution in [3.8, 4) is 0 Å². The summed E-state index contributed by atoms with van der Waals surface area (Å²) in [5.74, 6) is -0.994. The van der Waals surface area contributed by atoms with Gasteiger partial charge in [0.25, 0.3) is 0 Å². The van der Waals surface area contributed by atoms with Crippen LogP contribution in [0.1, 0.15) is 27.7 Å². The first-order valence-corrected chi connectivity index (χ1v) is 10.4. The summed E-state index contributed by atoms with van der Waals surface area (Å²) in [5.41, 5.74) is -0.512. The van der Waals surface area contributed by atoms with E-state index < -0.39 is 23.8 Å². The molecule has 0 radical (unpaired) electrons. The second-order valence-electron chi connectivity index (χ2n) is 7.34. The Balaban J connectivity index is 3.17. The van der Waals surface area contributed by atoms with Crippen molar-refractivity contribution >= 4 is 12.1 Å². The lowest BCUT2D eigenvalue weighted by molar-refractivity contribution is -0.150. The fraction of sp³-hybridized carbons (Fsp3) is 0.900. The molecule has 31 heavy (non-hydrogen) atoms. The van der Waals surface area contributed by atoms with Gasteiger partial charge in [-0.15, -0.1) is 0 Å². The average Bonchev–Trinajstić information content (AvgIpc) is 2.68. The number of aliphatic carboxylic acids is 1. The number of rotatable bonds is 20. The molecule has 11 heteroatoms. The standard InChI is InChI=1S/C20H39NO10/c1-17(18(22)23)30-16-15-29-14-13-28-12-11-27-10-9-26-8-7-25-6-5-21-19(24)31-20(2,3)4/h17H,5-16H2,1-4H3,(H,21,24)(H,22,23)/t17-/m0/s1. The molecular formula is C20H39NO10. The van der Waals surface area contributed by atoms with Crippen molar-refractivity contribution in [2.24, 2.45) is 0 Å². The lowest BCUT2D eigenvalue weighted by Crippen LogP contribution is -2.34. The van der Waals surface area contributed by atoms with Gasteiger partial charge in [-0.1, -0.05) is 0 Å². The van der Waals surface area contributed by atoms with Gasteiger partial charge in [0.2, 0.25) is 0 Å². The molecule has 0 aromatic heterocycles. The van der Waals surface area contributed by atoms with Crippen LogP contribution in [0.5, 0.6) is 0 Å². The number of amides is 1. The summed E-state index contributed by atoms with van der Waals surface area (Å²) in [7, 11) is 0. The highest BCUT2D eigenvalue weighted by molar-refractivity contribution is 5.71. The molecule has 0 fully saturated rings. The quantitative estimate of drug-likeness (QED) is 0.258. The SMILES string of the molecule is C[C@H](OCCOCCOCCOCCOCCOCCNC(=O)OC(C)(C)C)C(=O)O. The highest BCUT2D eigenvalue weighted by Crippen LogP contribution is 2.06. The lowest BCUT2D eigenvalue weighted by atomic mass is 10.2. The maximum atomic E-state index is 11.4. The number of nitrogens with one attached hydrogen (secondary N) is 1. The maximum Gasteiger partial charge on any atom is 0.407 e. The Morgan fingerprint density at radius 2 is 1.13 bits per heavy atom. The summed E-state index contributed by atoms with van der Waals surface area (Å²) in [6.45, 7) is 11.7. The predicted octanol–water partition coefficient (Wildman–Crippen LogP) is 1.08. The van der Waals surface area contributed by atoms with E-state index in [1.165, 1.54) is 6.92 Å². The van der Waals surface area contributed by atoms with Crippen LogP contribution in [0.4, 0.5) is 4.79 Å². The van der Waals surface area contributed by atoms with E-state index in [0.717, 1.165) is 0 Å². The van der Waals surface area contributed by atoms with Gasteiger partial charge in [-0.3, -0.25) is 0 Å². The van der Waals surface area contributed by atoms with Gasteiger partial charge in [0, 0.05) is 6.54 Å². The largest absolute Gasteiger partial charge is 0.479 e. The zero-order chi connectivity index (χ0) is 23.4. The molecular weight excluding hydrogens is 414 g/mol. The van der Waals surface area contributed by atoms with Crippen molar-refractivity contribution in [3.63, 3.8) is 0 Å². The van der Waals surface area contributed by atoms with Gasteiger partial charge in [-0.05, 0) is 27.7 Å². The number of hydrogen-bond acceptors (Lipinski definition) is 9. The molecule has 2 N–H and O–H groups in total. The second kappa shape index (κ2) is 19.2. The molecule has 0 rings (SSSR count). The average molecular weight is 454 g/mol. The number of ether oxygens (including phenoxy) is 7. The minimum atomic E-state index is -0.994. The minimum Gasteiger partial charge on any atom is -0.479 e. The van der Waals surface area contributed by atoms with Crippen molar-refractivity contribution < 1.29 is 47.9 Å². The van der Waals surface area contributed by atoms with Gasteiger partial charge in [-0.2, -0.15) is 0 Å². The summed E-state index contributed by atoms with van der Waals surface area (Å²) in [5, 5.41) is 11.2. The van der Waals surface area contributed by atoms with Crippen LogP contribution in [0, 0.1) is 0 Å². The predicted molar refractivity (Wildman–Crippen MR) is 111 cm³/mol. The van der Waals surface area contributed by atoms with Crippen LogP contribution >= 0.6 is 0 Å². The van der Waals surface area contributed by atoms with Crippen molar-refractivity contribution in [3.05, 3.63) is 0 Å². The summed E-state index contributed by atoms with van der Waals surface area (Å²) in [4.78, 5) is 21.9. The third-order valence-electron chi connectivity index (χ3n) is 3.35. The number of carbonyl (C=O) groups excluding carboxylic acids is 1. The molecule has 0 unspecified atom stereocenters. The van der Waals surface area contributed by atoms with E-state index in [0.29, 0.717) is 72.6 Å². The van der Waals surface area contributed by atoms with Gasteiger partial charge in [0.15, 0.2) is 6.10 Å². The Bertz CT molecular complexity index is 456. The van der Waals surface area contributed by atoms with Gasteiger partial charge >= 0.3 is 12.1 Å². The number of alkyl carbamates (subject to hydrolysis) is 1. The van der Waals surface area contributed by atoms with Crippen molar-refractivity contribution in [2.45, 2.75) is 39.4 Å². The fourth-order valence-electron chi connectivity index (χ4n) is 1.88. The van der Waals surface area contributed by atoms with E-state index in [9.17, 15) is 9.59 Å². The van der Waals surface area contributed by atoms with E-state index in [4.69, 9.17) is 38.3 Å². The summed E-state index contributed by atoms with van der Waals surface area (Å²) in [6.07, 6.45) is -1.29. The van der Waals surface area contributed by atoms with Crippen LogP contribution in [0.2, 0.25) is 0 Å². The van der Waals surface area contributed by atoms with Crippen LogP contribution in [0.15, 0.2) is 0 Å². The van der Waals surface area contributed by atoms with Crippen molar-refractivity contribution in [2.75, 3.05) is 79.2 Å². The summed E-state index contributed by atoms with van der Waals surface area (Å²) < 4.78 is 36.8. The number of hydrogen-bond donors (Lipinski definition) is 2. The van der Waals surface area contributed by atoms with E-state index in [1.54, 1.807) is 20.8 Å². The first kappa shape index (κ1) is 29.5. The van der Waals surface area contributed by atoms with Crippen molar-refractivity contribution in [1.82, 2.24) is 5.32 Å². The molecule has 0 aromatic rings. The van der Waals surface area contributed by atoms with Gasteiger partial charge in [0.05, 0.1) is 72.7 Å². The maximum absolute atomic E-state index is 11.4. The molecule has 0 saturated heterocycles. The topological polar surface area (TPSA) is 131 Å². The summed E-state index contributed by atoms with van der Waals surface area (Å²) in [6, 6.07) is 0. The third-order valence-corrected chi connectivity index (χ3v) is 3.35. The molecule has 0 spiro atoms. The van der Waals surface area contributed by atoms with Crippen LogP contribution in [0.25, 0.3) is 0 Å². The minimum absolute atomic E-state index is 0.227. The molecule has 0 heterocycles. The summed E-state index contributed by atoms with van der Waals surface area (Å²) >= 11 is 0. The molecule has 0 saturated carbocycles. The smallest absolute Gasteiger partial charge is 0.407 e. The molecule has 0 bridgehead atoms. The van der Waals surface area contributed by atoms with E-state index in [2.05, 4.69) is 5.32 Å². The van der Waals surface area contributed by atoms with Crippen molar-refractivity contribution in [1.29, 1.82) is 0 Å². The lowest BCUT2D eigenvalue weighted by Gasteiger charge is -2.19. The number of carboxylic acid groups (broad SMARTS) is 1. The van der Waals surface area contributed by atoms with Crippen LogP contribution in [-0.4, -0.2) is 108 Å². The van der Waals surface area contributed by atoms with E-state index in [1.807, 2.05) is 0 Å². The third kappa shape index (κ3) is 23.0. The van der Waals surface area contributed by atoms with Crippen LogP contribution in [-0.2, 0) is 38.0 Å². The van der Waals surface area contributed by atoms with Gasteiger partial charge in [0.1, 0.15) is 5.60 Å². The first-order valence-electron chi connectivity index (χ1n) is 10.4. The molecule has 184 valence electrons. The fourth-order valence-corrected chi connectivity index (χ4v) is 1.88. The van der Waals surface area contributed by atoms with E-state index in [-0.39, 0.29) is 6.61 Å². The van der Waals surface area contributed by atoms with Crippen LogP contribution in [0.3, 0.4) is 0 Å². The normalized spacial score (nSPS) is 12.5. The Labute approximate surface area is 184 Å². The molecule has 11 nitrogen and oxygen atoms in total. The Kier molecular flexibility index (Phi) is 18.3. The molecule has 0 aliphatic heterocycles. The van der Waals surface area contributed by atoms with Gasteiger partial charge < -0.3 is 43.6 Å². The molecule has 1 atom stereocenters. The molecule has 0 aromatic carbocycles. The molecule has 0 aliphatic carbocycles. The van der Waals surface area contributed by atoms with Gasteiger partial charge in [-0.25, -0.2) is 9.59 Å². The first-order chi connectivity index (χ1) is 14.7.